The van der Waals surface area contributed by atoms with Gasteiger partial charge in [0, 0.05) is 23.7 Å². The molecule has 0 amide bonds. The van der Waals surface area contributed by atoms with Crippen LogP contribution in [0.25, 0.3) is 10.9 Å². The minimum Gasteiger partial charge on any atom is -0.493 e. The van der Waals surface area contributed by atoms with E-state index in [-0.39, 0.29) is 6.61 Å². The summed E-state index contributed by atoms with van der Waals surface area (Å²) in [5, 5.41) is 13.1. The largest absolute Gasteiger partial charge is 0.493 e. The summed E-state index contributed by atoms with van der Waals surface area (Å²) in [7, 11) is 3.19. The van der Waals surface area contributed by atoms with Crippen molar-refractivity contribution in [2.24, 2.45) is 0 Å². The third-order valence-corrected chi connectivity index (χ3v) is 3.76. The Morgan fingerprint density at radius 3 is 2.38 bits per heavy atom. The Bertz CT molecular complexity index is 835. The van der Waals surface area contributed by atoms with Crippen LogP contribution in [0.5, 0.6) is 11.5 Å². The topological polar surface area (TPSA) is 76.5 Å². The molecule has 0 aliphatic heterocycles. The van der Waals surface area contributed by atoms with Crippen LogP contribution in [0.1, 0.15) is 5.56 Å². The Kier molecular flexibility index (Phi) is 4.77. The van der Waals surface area contributed by atoms with Gasteiger partial charge in [0.1, 0.15) is 12.1 Å². The van der Waals surface area contributed by atoms with Crippen molar-refractivity contribution in [3.63, 3.8) is 0 Å². The second kappa shape index (κ2) is 7.14. The Labute approximate surface area is 140 Å². The number of fused-ring (bicyclic) bond motifs is 1. The van der Waals surface area contributed by atoms with E-state index in [1.54, 1.807) is 14.2 Å². The summed E-state index contributed by atoms with van der Waals surface area (Å²) in [4.78, 5) is 8.62. The van der Waals surface area contributed by atoms with E-state index < -0.39 is 0 Å². The molecule has 6 heteroatoms. The Hall–Kier alpha value is -2.86. The lowest BCUT2D eigenvalue weighted by Crippen LogP contribution is -1.98. The van der Waals surface area contributed by atoms with Crippen molar-refractivity contribution in [1.82, 2.24) is 9.97 Å². The van der Waals surface area contributed by atoms with Crippen LogP contribution in [-0.4, -0.2) is 35.9 Å². The van der Waals surface area contributed by atoms with Crippen molar-refractivity contribution in [3.05, 3.63) is 48.3 Å². The molecule has 0 unspecified atom stereocenters. The number of aromatic nitrogens is 2. The lowest BCUT2D eigenvalue weighted by atomic mass is 10.1. The summed E-state index contributed by atoms with van der Waals surface area (Å²) in [6, 6.07) is 11.6. The van der Waals surface area contributed by atoms with Crippen molar-refractivity contribution in [3.8, 4) is 11.5 Å². The predicted molar refractivity (Wildman–Crippen MR) is 93.2 cm³/mol. The highest BCUT2D eigenvalue weighted by Crippen LogP contribution is 2.34. The highest BCUT2D eigenvalue weighted by atomic mass is 16.5. The highest BCUT2D eigenvalue weighted by molar-refractivity contribution is 5.93. The zero-order valence-electron chi connectivity index (χ0n) is 13.6. The molecule has 0 radical (unpaired) electrons. The number of hydrogen-bond acceptors (Lipinski definition) is 6. The lowest BCUT2D eigenvalue weighted by Gasteiger charge is -2.12. The third-order valence-electron chi connectivity index (χ3n) is 3.76. The average molecular weight is 325 g/mol. The first-order valence-corrected chi connectivity index (χ1v) is 7.58. The molecule has 1 aromatic heterocycles. The second-order valence-corrected chi connectivity index (χ2v) is 5.24. The van der Waals surface area contributed by atoms with Gasteiger partial charge in [-0.15, -0.1) is 0 Å². The quantitative estimate of drug-likeness (QED) is 0.726. The molecular formula is C18H19N3O3. The van der Waals surface area contributed by atoms with Gasteiger partial charge in [-0.1, -0.05) is 12.1 Å². The van der Waals surface area contributed by atoms with Crippen molar-refractivity contribution < 1.29 is 14.6 Å². The maximum Gasteiger partial charge on any atom is 0.162 e. The van der Waals surface area contributed by atoms with Crippen molar-refractivity contribution >= 4 is 22.4 Å². The first kappa shape index (κ1) is 16.0. The number of ether oxygens (including phenoxy) is 2. The van der Waals surface area contributed by atoms with Crippen LogP contribution in [0.4, 0.5) is 11.5 Å². The summed E-state index contributed by atoms with van der Waals surface area (Å²) < 4.78 is 10.7. The fraction of sp³-hybridized carbons (Fsp3) is 0.222. The normalized spacial score (nSPS) is 10.6. The van der Waals surface area contributed by atoms with Crippen LogP contribution in [-0.2, 0) is 6.42 Å². The molecule has 0 saturated heterocycles. The first-order chi connectivity index (χ1) is 11.7. The fourth-order valence-electron chi connectivity index (χ4n) is 2.50. The van der Waals surface area contributed by atoms with Crippen molar-refractivity contribution in [1.29, 1.82) is 0 Å². The number of hydrogen-bond donors (Lipinski definition) is 2. The minimum absolute atomic E-state index is 0.144. The number of methoxy groups -OCH3 is 2. The van der Waals surface area contributed by atoms with Crippen molar-refractivity contribution in [2.75, 3.05) is 26.1 Å². The summed E-state index contributed by atoms with van der Waals surface area (Å²) >= 11 is 0. The molecule has 0 saturated carbocycles. The van der Waals surface area contributed by atoms with Gasteiger partial charge in [-0.3, -0.25) is 0 Å². The van der Waals surface area contributed by atoms with E-state index in [0.29, 0.717) is 23.7 Å². The van der Waals surface area contributed by atoms with Gasteiger partial charge < -0.3 is 19.9 Å². The lowest BCUT2D eigenvalue weighted by molar-refractivity contribution is 0.299. The number of aliphatic hydroxyl groups is 1. The zero-order chi connectivity index (χ0) is 16.9. The van der Waals surface area contributed by atoms with E-state index in [2.05, 4.69) is 15.3 Å². The molecule has 0 aliphatic rings. The monoisotopic (exact) mass is 325 g/mol. The number of rotatable bonds is 6. The molecule has 0 aliphatic carbocycles. The number of benzene rings is 2. The van der Waals surface area contributed by atoms with Gasteiger partial charge in [0.15, 0.2) is 11.5 Å². The van der Waals surface area contributed by atoms with Crippen LogP contribution in [0.2, 0.25) is 0 Å². The Balaban J connectivity index is 1.96. The van der Waals surface area contributed by atoms with E-state index in [4.69, 9.17) is 14.6 Å². The Morgan fingerprint density at radius 2 is 1.71 bits per heavy atom. The van der Waals surface area contributed by atoms with Gasteiger partial charge in [0.25, 0.3) is 0 Å². The molecule has 3 rings (SSSR count). The van der Waals surface area contributed by atoms with E-state index in [0.717, 1.165) is 22.2 Å². The predicted octanol–water partition coefficient (Wildman–Crippen LogP) is 2.93. The molecule has 3 aromatic rings. The minimum atomic E-state index is 0.144. The molecule has 0 atom stereocenters. The van der Waals surface area contributed by atoms with Crippen LogP contribution >= 0.6 is 0 Å². The maximum atomic E-state index is 8.98. The molecule has 124 valence electrons. The van der Waals surface area contributed by atoms with Crippen LogP contribution in [0.15, 0.2) is 42.7 Å². The molecule has 0 bridgehead atoms. The maximum absolute atomic E-state index is 8.98. The highest BCUT2D eigenvalue weighted by Gasteiger charge is 2.11. The molecular weight excluding hydrogens is 306 g/mol. The van der Waals surface area contributed by atoms with Gasteiger partial charge >= 0.3 is 0 Å². The van der Waals surface area contributed by atoms with Crippen LogP contribution in [0.3, 0.4) is 0 Å². The number of nitrogens with one attached hydrogen (secondary N) is 1. The van der Waals surface area contributed by atoms with Crippen LogP contribution in [0, 0.1) is 0 Å². The van der Waals surface area contributed by atoms with E-state index in [9.17, 15) is 0 Å². The summed E-state index contributed by atoms with van der Waals surface area (Å²) in [6.45, 7) is 0.144. The van der Waals surface area contributed by atoms with E-state index >= 15 is 0 Å². The summed E-state index contributed by atoms with van der Waals surface area (Å²) in [5.41, 5.74) is 2.76. The first-order valence-electron chi connectivity index (χ1n) is 7.58. The number of aliphatic hydroxyl groups excluding tert-OH is 1. The fourth-order valence-corrected chi connectivity index (χ4v) is 2.50. The second-order valence-electron chi connectivity index (χ2n) is 5.24. The molecule has 6 nitrogen and oxygen atoms in total. The molecule has 0 fully saturated rings. The Morgan fingerprint density at radius 1 is 1.00 bits per heavy atom. The van der Waals surface area contributed by atoms with Gasteiger partial charge in [-0.05, 0) is 30.2 Å². The molecule has 2 N–H and O–H groups in total. The smallest absolute Gasteiger partial charge is 0.162 e. The molecule has 2 aromatic carbocycles. The third kappa shape index (κ3) is 3.23. The average Bonchev–Trinajstić information content (AvgIpc) is 2.62. The SMILES string of the molecule is COc1cc2ncnc(Nc3ccc(CCO)cc3)c2cc1OC. The molecule has 1 heterocycles. The number of anilines is 2. The van der Waals surface area contributed by atoms with E-state index in [1.807, 2.05) is 36.4 Å². The van der Waals surface area contributed by atoms with Gasteiger partial charge in [-0.2, -0.15) is 0 Å². The number of nitrogens with zero attached hydrogens (tertiary/aromatic N) is 2. The van der Waals surface area contributed by atoms with Gasteiger partial charge in [0.2, 0.25) is 0 Å². The zero-order valence-corrected chi connectivity index (χ0v) is 13.6. The standard InChI is InChI=1S/C18H19N3O3/c1-23-16-9-14-15(10-17(16)24-2)19-11-20-18(14)21-13-5-3-12(4-6-13)7-8-22/h3-6,9-11,22H,7-8H2,1-2H3,(H,19,20,21). The van der Waals surface area contributed by atoms with Crippen LogP contribution < -0.4 is 14.8 Å². The summed E-state index contributed by atoms with van der Waals surface area (Å²) in [5.74, 6) is 1.94. The van der Waals surface area contributed by atoms with E-state index in [1.165, 1.54) is 6.33 Å². The molecule has 0 spiro atoms. The molecule has 24 heavy (non-hydrogen) atoms. The van der Waals surface area contributed by atoms with Crippen molar-refractivity contribution in [2.45, 2.75) is 6.42 Å². The summed E-state index contributed by atoms with van der Waals surface area (Å²) in [6.07, 6.45) is 2.16. The van der Waals surface area contributed by atoms with Gasteiger partial charge in [0.05, 0.1) is 19.7 Å². The van der Waals surface area contributed by atoms with Gasteiger partial charge in [-0.25, -0.2) is 9.97 Å².